The lowest BCUT2D eigenvalue weighted by atomic mass is 10.3. The van der Waals surface area contributed by atoms with Crippen LogP contribution in [-0.4, -0.2) is 39.4 Å². The summed E-state index contributed by atoms with van der Waals surface area (Å²) in [4.78, 5) is 13.6. The van der Waals surface area contributed by atoms with Gasteiger partial charge in [0.25, 0.3) is 0 Å². The van der Waals surface area contributed by atoms with Crippen molar-refractivity contribution in [1.29, 1.82) is 0 Å². The van der Waals surface area contributed by atoms with Crippen molar-refractivity contribution in [2.75, 3.05) is 38.3 Å². The van der Waals surface area contributed by atoms with Crippen LogP contribution >= 0.6 is 11.3 Å². The predicted octanol–water partition coefficient (Wildman–Crippen LogP) is 1.37. The van der Waals surface area contributed by atoms with Crippen molar-refractivity contribution in [3.05, 3.63) is 17.0 Å². The summed E-state index contributed by atoms with van der Waals surface area (Å²) in [6.07, 6.45) is 0. The van der Waals surface area contributed by atoms with Gasteiger partial charge in [-0.05, 0) is 11.4 Å². The molecule has 0 amide bonds. The molecule has 1 fully saturated rings. The number of carbonyl (C=O) groups excluding carboxylic acids is 1. The number of morpholine rings is 1. The van der Waals surface area contributed by atoms with Gasteiger partial charge in [-0.15, -0.1) is 11.3 Å². The van der Waals surface area contributed by atoms with Gasteiger partial charge in [-0.2, -0.15) is 0 Å². The Morgan fingerprint density at radius 1 is 1.53 bits per heavy atom. The number of rotatable bonds is 2. The van der Waals surface area contributed by atoms with Crippen molar-refractivity contribution in [2.45, 2.75) is 0 Å². The Morgan fingerprint density at radius 2 is 2.27 bits per heavy atom. The SMILES string of the molecule is COC(=O)c1ccsc1N1CCOCC1. The van der Waals surface area contributed by atoms with Crippen LogP contribution < -0.4 is 4.90 Å². The Labute approximate surface area is 92.4 Å². The van der Waals surface area contributed by atoms with Gasteiger partial charge in [-0.3, -0.25) is 0 Å². The van der Waals surface area contributed by atoms with Gasteiger partial charge in [0.1, 0.15) is 5.00 Å². The average Bonchev–Trinajstić information content (AvgIpc) is 2.78. The summed E-state index contributed by atoms with van der Waals surface area (Å²) in [7, 11) is 1.41. The zero-order chi connectivity index (χ0) is 10.7. The van der Waals surface area contributed by atoms with Gasteiger partial charge in [-0.1, -0.05) is 0 Å². The Kier molecular flexibility index (Phi) is 3.23. The van der Waals surface area contributed by atoms with Crippen LogP contribution in [0, 0.1) is 0 Å². The average molecular weight is 227 g/mol. The molecule has 82 valence electrons. The van der Waals surface area contributed by atoms with Crippen molar-refractivity contribution < 1.29 is 14.3 Å². The van der Waals surface area contributed by atoms with Crippen LogP contribution in [0.3, 0.4) is 0 Å². The molecule has 1 aliphatic rings. The lowest BCUT2D eigenvalue weighted by Gasteiger charge is -2.28. The van der Waals surface area contributed by atoms with Crippen molar-refractivity contribution in [3.8, 4) is 0 Å². The van der Waals surface area contributed by atoms with Gasteiger partial charge >= 0.3 is 5.97 Å². The molecule has 0 bridgehead atoms. The minimum atomic E-state index is -0.266. The van der Waals surface area contributed by atoms with E-state index in [9.17, 15) is 4.79 Å². The van der Waals surface area contributed by atoms with E-state index >= 15 is 0 Å². The third kappa shape index (κ3) is 2.13. The fourth-order valence-corrected chi connectivity index (χ4v) is 2.52. The number of hydrogen-bond donors (Lipinski definition) is 0. The molecule has 0 atom stereocenters. The van der Waals surface area contributed by atoms with Crippen LogP contribution in [-0.2, 0) is 9.47 Å². The maximum Gasteiger partial charge on any atom is 0.340 e. The van der Waals surface area contributed by atoms with E-state index in [-0.39, 0.29) is 5.97 Å². The molecule has 1 aliphatic heterocycles. The first-order chi connectivity index (χ1) is 7.33. The van der Waals surface area contributed by atoms with Gasteiger partial charge in [0.05, 0.1) is 25.9 Å². The van der Waals surface area contributed by atoms with Gasteiger partial charge in [0.2, 0.25) is 0 Å². The summed E-state index contributed by atoms with van der Waals surface area (Å²) >= 11 is 1.57. The second-order valence-corrected chi connectivity index (χ2v) is 4.12. The first kappa shape index (κ1) is 10.4. The van der Waals surface area contributed by atoms with Crippen LogP contribution in [0.5, 0.6) is 0 Å². The third-order valence-electron chi connectivity index (χ3n) is 2.35. The highest BCUT2D eigenvalue weighted by Crippen LogP contribution is 2.28. The molecule has 0 aliphatic carbocycles. The minimum absolute atomic E-state index is 0.266. The molecule has 0 saturated carbocycles. The second-order valence-electron chi connectivity index (χ2n) is 3.23. The third-order valence-corrected chi connectivity index (χ3v) is 3.32. The second kappa shape index (κ2) is 4.63. The standard InChI is InChI=1S/C10H13NO3S/c1-13-10(12)8-2-7-15-9(8)11-3-5-14-6-4-11/h2,7H,3-6H2,1H3. The summed E-state index contributed by atoms with van der Waals surface area (Å²) in [6, 6.07) is 1.81. The maximum atomic E-state index is 11.5. The number of hydrogen-bond acceptors (Lipinski definition) is 5. The Morgan fingerprint density at radius 3 is 2.93 bits per heavy atom. The molecule has 0 spiro atoms. The molecule has 1 aromatic heterocycles. The number of anilines is 1. The summed E-state index contributed by atoms with van der Waals surface area (Å²) in [6.45, 7) is 3.12. The normalized spacial score (nSPS) is 16.5. The van der Waals surface area contributed by atoms with E-state index in [1.165, 1.54) is 7.11 Å². The molecule has 15 heavy (non-hydrogen) atoms. The fraction of sp³-hybridized carbons (Fsp3) is 0.500. The zero-order valence-corrected chi connectivity index (χ0v) is 9.38. The van der Waals surface area contributed by atoms with E-state index in [0.717, 1.165) is 31.3 Å². The molecule has 0 unspecified atom stereocenters. The van der Waals surface area contributed by atoms with Crippen LogP contribution in [0.25, 0.3) is 0 Å². The zero-order valence-electron chi connectivity index (χ0n) is 8.56. The first-order valence-corrected chi connectivity index (χ1v) is 5.69. The molecular weight excluding hydrogens is 214 g/mol. The number of thiophene rings is 1. The molecule has 2 rings (SSSR count). The van der Waals surface area contributed by atoms with E-state index in [1.807, 2.05) is 5.38 Å². The minimum Gasteiger partial charge on any atom is -0.465 e. The summed E-state index contributed by atoms with van der Waals surface area (Å²) in [5.41, 5.74) is 0.657. The van der Waals surface area contributed by atoms with Crippen molar-refractivity contribution in [2.24, 2.45) is 0 Å². The Balaban J connectivity index is 2.19. The number of esters is 1. The Hall–Kier alpha value is -1.07. The van der Waals surface area contributed by atoms with E-state index in [1.54, 1.807) is 17.4 Å². The molecule has 0 N–H and O–H groups in total. The lowest BCUT2D eigenvalue weighted by Crippen LogP contribution is -2.36. The largest absolute Gasteiger partial charge is 0.465 e. The first-order valence-electron chi connectivity index (χ1n) is 4.81. The van der Waals surface area contributed by atoms with Gasteiger partial charge in [0, 0.05) is 13.1 Å². The van der Waals surface area contributed by atoms with Crippen molar-refractivity contribution in [3.63, 3.8) is 0 Å². The molecule has 1 aromatic rings. The Bertz CT molecular complexity index is 344. The highest BCUT2D eigenvalue weighted by molar-refractivity contribution is 7.14. The molecule has 5 heteroatoms. The van der Waals surface area contributed by atoms with Crippen LogP contribution in [0.15, 0.2) is 11.4 Å². The quantitative estimate of drug-likeness (QED) is 0.715. The van der Waals surface area contributed by atoms with E-state index in [2.05, 4.69) is 4.90 Å². The smallest absolute Gasteiger partial charge is 0.340 e. The number of ether oxygens (including phenoxy) is 2. The highest BCUT2D eigenvalue weighted by atomic mass is 32.1. The topological polar surface area (TPSA) is 38.8 Å². The molecule has 2 heterocycles. The van der Waals surface area contributed by atoms with Gasteiger partial charge in [-0.25, -0.2) is 4.79 Å². The maximum absolute atomic E-state index is 11.5. The van der Waals surface area contributed by atoms with Gasteiger partial charge < -0.3 is 14.4 Å². The van der Waals surface area contributed by atoms with E-state index < -0.39 is 0 Å². The van der Waals surface area contributed by atoms with Crippen LogP contribution in [0.4, 0.5) is 5.00 Å². The van der Waals surface area contributed by atoms with Crippen molar-refractivity contribution in [1.82, 2.24) is 0 Å². The summed E-state index contributed by atoms with van der Waals surface area (Å²) < 4.78 is 10.0. The molecule has 4 nitrogen and oxygen atoms in total. The number of nitrogens with zero attached hydrogens (tertiary/aromatic N) is 1. The highest BCUT2D eigenvalue weighted by Gasteiger charge is 2.20. The van der Waals surface area contributed by atoms with E-state index in [4.69, 9.17) is 9.47 Å². The lowest BCUT2D eigenvalue weighted by molar-refractivity contribution is 0.0601. The number of carbonyl (C=O) groups is 1. The summed E-state index contributed by atoms with van der Waals surface area (Å²) in [5, 5.41) is 2.90. The molecule has 0 aromatic carbocycles. The van der Waals surface area contributed by atoms with Crippen LogP contribution in [0.1, 0.15) is 10.4 Å². The predicted molar refractivity (Wildman–Crippen MR) is 58.7 cm³/mol. The molecular formula is C10H13NO3S. The van der Waals surface area contributed by atoms with Gasteiger partial charge in [0.15, 0.2) is 0 Å². The van der Waals surface area contributed by atoms with E-state index in [0.29, 0.717) is 5.56 Å². The van der Waals surface area contributed by atoms with Crippen molar-refractivity contribution >= 4 is 22.3 Å². The number of methoxy groups -OCH3 is 1. The molecule has 1 saturated heterocycles. The monoisotopic (exact) mass is 227 g/mol. The fourth-order valence-electron chi connectivity index (χ4n) is 1.58. The summed E-state index contributed by atoms with van der Waals surface area (Å²) in [5.74, 6) is -0.266. The molecule has 0 radical (unpaired) electrons. The van der Waals surface area contributed by atoms with Crippen LogP contribution in [0.2, 0.25) is 0 Å².